The maximum atomic E-state index is 12.7. The van der Waals surface area contributed by atoms with Crippen LogP contribution in [0.5, 0.6) is 0 Å². The van der Waals surface area contributed by atoms with E-state index in [4.69, 9.17) is 0 Å². The van der Waals surface area contributed by atoms with Gasteiger partial charge in [-0.15, -0.1) is 11.3 Å². The predicted molar refractivity (Wildman–Crippen MR) is 80.3 cm³/mol. The standard InChI is InChI=1S/C15H22N2O2S/c1-5-15(4)14(19)16-12(10(2)3)13(18)17(15)9-11-7-6-8-20-11/h6-8,10,12H,5,9H2,1-4H3,(H,16,19). The van der Waals surface area contributed by atoms with Crippen molar-refractivity contribution in [3.63, 3.8) is 0 Å². The molecule has 2 rings (SSSR count). The molecule has 4 nitrogen and oxygen atoms in total. The molecule has 5 heteroatoms. The van der Waals surface area contributed by atoms with Crippen molar-refractivity contribution in [3.8, 4) is 0 Å². The van der Waals surface area contributed by atoms with E-state index in [1.807, 2.05) is 45.2 Å². The first-order chi connectivity index (χ1) is 9.40. The molecule has 0 aromatic carbocycles. The minimum absolute atomic E-state index is 0.0253. The normalized spacial score (nSPS) is 27.1. The first-order valence-electron chi connectivity index (χ1n) is 7.05. The van der Waals surface area contributed by atoms with Gasteiger partial charge in [0.15, 0.2) is 0 Å². The molecule has 0 aliphatic carbocycles. The smallest absolute Gasteiger partial charge is 0.246 e. The third-order valence-corrected chi connectivity index (χ3v) is 5.01. The van der Waals surface area contributed by atoms with E-state index < -0.39 is 11.6 Å². The quantitative estimate of drug-likeness (QED) is 0.927. The van der Waals surface area contributed by atoms with Gasteiger partial charge < -0.3 is 10.2 Å². The fourth-order valence-corrected chi connectivity index (χ4v) is 3.20. The van der Waals surface area contributed by atoms with Gasteiger partial charge in [-0.1, -0.05) is 26.8 Å². The van der Waals surface area contributed by atoms with Crippen molar-refractivity contribution in [3.05, 3.63) is 22.4 Å². The van der Waals surface area contributed by atoms with E-state index in [1.54, 1.807) is 16.2 Å². The SMILES string of the molecule is CCC1(C)C(=O)NC(C(C)C)C(=O)N1Cc1cccs1. The van der Waals surface area contributed by atoms with Gasteiger partial charge in [-0.2, -0.15) is 0 Å². The number of hydrogen-bond acceptors (Lipinski definition) is 3. The summed E-state index contributed by atoms with van der Waals surface area (Å²) in [6.07, 6.45) is 0.612. The van der Waals surface area contributed by atoms with Gasteiger partial charge in [0.1, 0.15) is 11.6 Å². The van der Waals surface area contributed by atoms with Crippen molar-refractivity contribution in [2.45, 2.75) is 52.2 Å². The highest BCUT2D eigenvalue weighted by atomic mass is 32.1. The highest BCUT2D eigenvalue weighted by Gasteiger charge is 2.48. The minimum Gasteiger partial charge on any atom is -0.342 e. The zero-order chi connectivity index (χ0) is 14.9. The maximum absolute atomic E-state index is 12.7. The first-order valence-corrected chi connectivity index (χ1v) is 7.93. The number of rotatable bonds is 4. The Morgan fingerprint density at radius 3 is 2.65 bits per heavy atom. The van der Waals surface area contributed by atoms with Crippen LogP contribution in [0.3, 0.4) is 0 Å². The molecule has 1 aliphatic heterocycles. The number of amides is 2. The van der Waals surface area contributed by atoms with Crippen molar-refractivity contribution >= 4 is 23.2 Å². The van der Waals surface area contributed by atoms with Crippen molar-refractivity contribution in [2.75, 3.05) is 0 Å². The fraction of sp³-hybridized carbons (Fsp3) is 0.600. The van der Waals surface area contributed by atoms with Gasteiger partial charge in [-0.25, -0.2) is 0 Å². The fourth-order valence-electron chi connectivity index (χ4n) is 2.51. The van der Waals surface area contributed by atoms with Gasteiger partial charge in [0.2, 0.25) is 11.8 Å². The Bertz CT molecular complexity index is 498. The van der Waals surface area contributed by atoms with Crippen LogP contribution in [0.1, 0.15) is 39.0 Å². The van der Waals surface area contributed by atoms with Gasteiger partial charge in [0.05, 0.1) is 6.54 Å². The number of thiophene rings is 1. The average molecular weight is 294 g/mol. The number of nitrogens with zero attached hydrogens (tertiary/aromatic N) is 1. The predicted octanol–water partition coefficient (Wildman–Crippen LogP) is 2.40. The third kappa shape index (κ3) is 2.46. The van der Waals surface area contributed by atoms with Gasteiger partial charge in [-0.05, 0) is 30.7 Å². The van der Waals surface area contributed by atoms with E-state index in [-0.39, 0.29) is 17.7 Å². The Labute approximate surface area is 124 Å². The molecule has 1 aliphatic rings. The van der Waals surface area contributed by atoms with Crippen LogP contribution in [-0.2, 0) is 16.1 Å². The summed E-state index contributed by atoms with van der Waals surface area (Å²) in [4.78, 5) is 28.0. The summed E-state index contributed by atoms with van der Waals surface area (Å²) in [7, 11) is 0. The highest BCUT2D eigenvalue weighted by Crippen LogP contribution is 2.29. The number of hydrogen-bond donors (Lipinski definition) is 1. The molecular formula is C15H22N2O2S. The second-order valence-corrected chi connectivity index (χ2v) is 6.86. The summed E-state index contributed by atoms with van der Waals surface area (Å²) in [5, 5.41) is 4.88. The Hall–Kier alpha value is -1.36. The molecule has 2 unspecified atom stereocenters. The minimum atomic E-state index is -0.757. The van der Waals surface area contributed by atoms with Crippen LogP contribution >= 0.6 is 11.3 Å². The van der Waals surface area contributed by atoms with Gasteiger partial charge in [0.25, 0.3) is 0 Å². The molecule has 2 heterocycles. The molecule has 1 saturated heterocycles. The molecule has 0 radical (unpaired) electrons. The zero-order valence-corrected chi connectivity index (χ0v) is 13.3. The zero-order valence-electron chi connectivity index (χ0n) is 12.5. The average Bonchev–Trinajstić information content (AvgIpc) is 2.91. The van der Waals surface area contributed by atoms with Crippen LogP contribution < -0.4 is 5.32 Å². The molecule has 110 valence electrons. The Morgan fingerprint density at radius 1 is 1.45 bits per heavy atom. The van der Waals surface area contributed by atoms with E-state index in [0.29, 0.717) is 13.0 Å². The van der Waals surface area contributed by atoms with E-state index in [0.717, 1.165) is 4.88 Å². The molecule has 20 heavy (non-hydrogen) atoms. The summed E-state index contributed by atoms with van der Waals surface area (Å²) >= 11 is 1.62. The molecule has 0 saturated carbocycles. The van der Waals surface area contributed by atoms with E-state index in [9.17, 15) is 9.59 Å². The van der Waals surface area contributed by atoms with Crippen molar-refractivity contribution in [1.82, 2.24) is 10.2 Å². The lowest BCUT2D eigenvalue weighted by Crippen LogP contribution is -2.69. The monoisotopic (exact) mass is 294 g/mol. The maximum Gasteiger partial charge on any atom is 0.246 e. The van der Waals surface area contributed by atoms with Crippen LogP contribution in [0.4, 0.5) is 0 Å². The molecule has 1 aromatic rings. The lowest BCUT2D eigenvalue weighted by atomic mass is 9.87. The summed E-state index contributed by atoms with van der Waals surface area (Å²) in [6, 6.07) is 3.56. The third-order valence-electron chi connectivity index (χ3n) is 4.15. The molecule has 1 aromatic heterocycles. The number of nitrogens with one attached hydrogen (secondary N) is 1. The van der Waals surface area contributed by atoms with E-state index >= 15 is 0 Å². The lowest BCUT2D eigenvalue weighted by molar-refractivity contribution is -0.158. The second kappa shape index (κ2) is 5.56. The summed E-state index contributed by atoms with van der Waals surface area (Å²) in [5.41, 5.74) is -0.757. The Balaban J connectivity index is 2.34. The van der Waals surface area contributed by atoms with Crippen LogP contribution in [-0.4, -0.2) is 28.3 Å². The van der Waals surface area contributed by atoms with Crippen LogP contribution in [0.2, 0.25) is 0 Å². The lowest BCUT2D eigenvalue weighted by Gasteiger charge is -2.46. The first kappa shape index (κ1) is 15.0. The van der Waals surface area contributed by atoms with Crippen molar-refractivity contribution in [1.29, 1.82) is 0 Å². The number of piperazine rings is 1. The van der Waals surface area contributed by atoms with Crippen LogP contribution in [0.15, 0.2) is 17.5 Å². The molecule has 0 spiro atoms. The summed E-state index contributed by atoms with van der Waals surface area (Å²) in [5.74, 6) is 0.0749. The molecule has 1 fully saturated rings. The highest BCUT2D eigenvalue weighted by molar-refractivity contribution is 7.09. The van der Waals surface area contributed by atoms with Crippen LogP contribution in [0, 0.1) is 5.92 Å². The second-order valence-electron chi connectivity index (χ2n) is 5.83. The van der Waals surface area contributed by atoms with Gasteiger partial charge in [0, 0.05) is 4.88 Å². The number of carbonyl (C=O) groups excluding carboxylic acids is 2. The van der Waals surface area contributed by atoms with Gasteiger partial charge in [-0.3, -0.25) is 9.59 Å². The molecule has 1 N–H and O–H groups in total. The Kier molecular flexibility index (Phi) is 4.18. The van der Waals surface area contributed by atoms with Gasteiger partial charge >= 0.3 is 0 Å². The van der Waals surface area contributed by atoms with Crippen LogP contribution in [0.25, 0.3) is 0 Å². The molecule has 2 atom stereocenters. The van der Waals surface area contributed by atoms with E-state index in [1.165, 1.54) is 0 Å². The van der Waals surface area contributed by atoms with Crippen molar-refractivity contribution < 1.29 is 9.59 Å². The summed E-state index contributed by atoms with van der Waals surface area (Å²) < 4.78 is 0. The largest absolute Gasteiger partial charge is 0.342 e. The number of carbonyl (C=O) groups is 2. The molecule has 0 bridgehead atoms. The van der Waals surface area contributed by atoms with Crippen molar-refractivity contribution in [2.24, 2.45) is 5.92 Å². The Morgan fingerprint density at radius 2 is 2.15 bits per heavy atom. The summed E-state index contributed by atoms with van der Waals surface area (Å²) in [6.45, 7) is 8.23. The van der Waals surface area contributed by atoms with E-state index in [2.05, 4.69) is 5.32 Å². The molecular weight excluding hydrogens is 272 g/mol. The molecule has 2 amide bonds. The topological polar surface area (TPSA) is 49.4 Å².